The normalized spacial score (nSPS) is 11.5. The summed E-state index contributed by atoms with van der Waals surface area (Å²) in [6, 6.07) is 0. The first-order valence-corrected chi connectivity index (χ1v) is 3.82. The lowest BCUT2D eigenvalue weighted by molar-refractivity contribution is -0.128. The summed E-state index contributed by atoms with van der Waals surface area (Å²) in [6.45, 7) is -0.505. The lowest BCUT2D eigenvalue weighted by atomic mass is 10.4. The molecule has 1 aromatic rings. The summed E-state index contributed by atoms with van der Waals surface area (Å²) >= 11 is 0. The minimum Gasteiger partial charge on any atom is -0.376 e. The first-order valence-electron chi connectivity index (χ1n) is 3.82. The molecule has 15 heavy (non-hydrogen) atoms. The largest absolute Gasteiger partial charge is 0.396 e. The van der Waals surface area contributed by atoms with Crippen LogP contribution in [-0.2, 0) is 6.42 Å². The number of nitrogens with one attached hydrogen (secondary N) is 1. The van der Waals surface area contributed by atoms with Crippen molar-refractivity contribution < 1.29 is 18.3 Å². The summed E-state index contributed by atoms with van der Waals surface area (Å²) < 4.78 is 35.9. The summed E-state index contributed by atoms with van der Waals surface area (Å²) in [5, 5.41) is 10.7. The van der Waals surface area contributed by atoms with Crippen LogP contribution in [0.5, 0.6) is 0 Å². The molecule has 4 N–H and O–H groups in total. The number of rotatable bonds is 3. The average Bonchev–Trinajstić information content (AvgIpc) is 1.99. The highest BCUT2D eigenvalue weighted by molar-refractivity contribution is 5.30. The third kappa shape index (κ3) is 3.94. The molecular formula is C6H8F3N5O. The Labute approximate surface area is 82.4 Å². The number of aromatic nitrogens is 3. The predicted octanol–water partition coefficient (Wildman–Crippen LogP) is -0.0797. The van der Waals surface area contributed by atoms with Crippen molar-refractivity contribution in [1.29, 1.82) is 0 Å². The molecule has 0 amide bonds. The van der Waals surface area contributed by atoms with E-state index in [1.54, 1.807) is 0 Å². The van der Waals surface area contributed by atoms with E-state index < -0.39 is 25.2 Å². The number of nitrogens with zero attached hydrogens (tertiary/aromatic N) is 3. The van der Waals surface area contributed by atoms with Crippen molar-refractivity contribution in [3.63, 3.8) is 0 Å². The molecule has 0 aliphatic rings. The number of anilines is 2. The van der Waals surface area contributed by atoms with Crippen LogP contribution in [0.1, 0.15) is 5.82 Å². The summed E-state index contributed by atoms with van der Waals surface area (Å²) in [6.07, 6.45) is -5.70. The SMILES string of the molecule is Nc1nc(CC(F)(F)F)nc(NCO)n1. The molecule has 0 saturated heterocycles. The standard InChI is InChI=1S/C6H8F3N5O/c7-6(8,9)1-3-12-4(10)14-5(13-3)11-2-15/h15H,1-2H2,(H3,10,11,12,13,14). The van der Waals surface area contributed by atoms with Crippen molar-refractivity contribution >= 4 is 11.9 Å². The fourth-order valence-corrected chi connectivity index (χ4v) is 0.846. The van der Waals surface area contributed by atoms with Gasteiger partial charge in [-0.3, -0.25) is 0 Å². The van der Waals surface area contributed by atoms with Crippen molar-refractivity contribution in [2.45, 2.75) is 12.6 Å². The van der Waals surface area contributed by atoms with E-state index in [-0.39, 0.29) is 11.9 Å². The second kappa shape index (κ2) is 4.26. The lowest BCUT2D eigenvalue weighted by Gasteiger charge is -2.07. The quantitative estimate of drug-likeness (QED) is 0.620. The molecule has 0 spiro atoms. The highest BCUT2D eigenvalue weighted by Gasteiger charge is 2.29. The van der Waals surface area contributed by atoms with E-state index in [0.717, 1.165) is 0 Å². The molecule has 1 heterocycles. The minimum atomic E-state index is -4.41. The third-order valence-electron chi connectivity index (χ3n) is 1.29. The smallest absolute Gasteiger partial charge is 0.376 e. The zero-order valence-electron chi connectivity index (χ0n) is 7.41. The van der Waals surface area contributed by atoms with Crippen LogP contribution in [0.4, 0.5) is 25.1 Å². The maximum absolute atomic E-state index is 12.0. The van der Waals surface area contributed by atoms with Gasteiger partial charge in [0, 0.05) is 0 Å². The van der Waals surface area contributed by atoms with E-state index in [1.807, 2.05) is 0 Å². The summed E-state index contributed by atoms with van der Waals surface area (Å²) in [4.78, 5) is 10.2. The highest BCUT2D eigenvalue weighted by atomic mass is 19.4. The summed E-state index contributed by atoms with van der Waals surface area (Å²) in [5.41, 5.74) is 5.16. The Morgan fingerprint density at radius 1 is 1.27 bits per heavy atom. The van der Waals surface area contributed by atoms with Gasteiger partial charge in [0.05, 0.1) is 0 Å². The number of nitrogens with two attached hydrogens (primary N) is 1. The molecule has 0 bridgehead atoms. The lowest BCUT2D eigenvalue weighted by Crippen LogP contribution is -2.17. The highest BCUT2D eigenvalue weighted by Crippen LogP contribution is 2.19. The van der Waals surface area contributed by atoms with Crippen LogP contribution >= 0.6 is 0 Å². The molecule has 0 aliphatic heterocycles. The molecule has 0 unspecified atom stereocenters. The first kappa shape index (κ1) is 11.4. The van der Waals surface area contributed by atoms with E-state index in [4.69, 9.17) is 10.8 Å². The maximum atomic E-state index is 12.0. The predicted molar refractivity (Wildman–Crippen MR) is 44.7 cm³/mol. The Kier molecular flexibility index (Phi) is 3.24. The Bertz CT molecular complexity index is 342. The van der Waals surface area contributed by atoms with E-state index in [0.29, 0.717) is 0 Å². The van der Waals surface area contributed by atoms with Gasteiger partial charge in [0.2, 0.25) is 11.9 Å². The van der Waals surface area contributed by atoms with Crippen LogP contribution in [0.2, 0.25) is 0 Å². The average molecular weight is 223 g/mol. The van der Waals surface area contributed by atoms with Crippen LogP contribution in [0, 0.1) is 0 Å². The van der Waals surface area contributed by atoms with Gasteiger partial charge in [-0.25, -0.2) is 0 Å². The zero-order chi connectivity index (χ0) is 11.5. The van der Waals surface area contributed by atoms with Crippen molar-refractivity contribution in [3.8, 4) is 0 Å². The third-order valence-corrected chi connectivity index (χ3v) is 1.29. The first-order chi connectivity index (χ1) is 6.90. The topological polar surface area (TPSA) is 97.0 Å². The van der Waals surface area contributed by atoms with Gasteiger partial charge in [-0.2, -0.15) is 28.1 Å². The number of halogens is 3. The Morgan fingerprint density at radius 2 is 1.93 bits per heavy atom. The zero-order valence-corrected chi connectivity index (χ0v) is 7.41. The molecule has 0 radical (unpaired) electrons. The molecule has 6 nitrogen and oxygen atoms in total. The molecule has 0 atom stereocenters. The van der Waals surface area contributed by atoms with Gasteiger partial charge < -0.3 is 16.2 Å². The van der Waals surface area contributed by atoms with Gasteiger partial charge in [0.25, 0.3) is 0 Å². The second-order valence-corrected chi connectivity index (χ2v) is 2.56. The van der Waals surface area contributed by atoms with E-state index >= 15 is 0 Å². The molecular weight excluding hydrogens is 215 g/mol. The molecule has 0 aromatic carbocycles. The molecule has 1 rings (SSSR count). The van der Waals surface area contributed by atoms with Crippen LogP contribution in [0.3, 0.4) is 0 Å². The summed E-state index contributed by atoms with van der Waals surface area (Å²) in [5.74, 6) is -1.02. The number of aliphatic hydroxyl groups excluding tert-OH is 1. The van der Waals surface area contributed by atoms with Crippen molar-refractivity contribution in [1.82, 2.24) is 15.0 Å². The van der Waals surface area contributed by atoms with Crippen molar-refractivity contribution in [3.05, 3.63) is 5.82 Å². The number of aliphatic hydroxyl groups is 1. The molecule has 0 saturated carbocycles. The summed E-state index contributed by atoms with van der Waals surface area (Å²) in [7, 11) is 0. The monoisotopic (exact) mass is 223 g/mol. The van der Waals surface area contributed by atoms with Crippen LogP contribution in [0.15, 0.2) is 0 Å². The second-order valence-electron chi connectivity index (χ2n) is 2.56. The number of hydrogen-bond donors (Lipinski definition) is 3. The molecule has 9 heteroatoms. The Hall–Kier alpha value is -1.64. The van der Waals surface area contributed by atoms with Gasteiger partial charge in [-0.15, -0.1) is 0 Å². The molecule has 0 aliphatic carbocycles. The number of hydrogen-bond acceptors (Lipinski definition) is 6. The van der Waals surface area contributed by atoms with Gasteiger partial charge in [0.1, 0.15) is 19.0 Å². The molecule has 1 aromatic heterocycles. The van der Waals surface area contributed by atoms with Gasteiger partial charge in [-0.05, 0) is 0 Å². The van der Waals surface area contributed by atoms with Crippen LogP contribution in [0.25, 0.3) is 0 Å². The fraction of sp³-hybridized carbons (Fsp3) is 0.500. The molecule has 0 fully saturated rings. The number of nitrogen functional groups attached to an aromatic ring is 1. The van der Waals surface area contributed by atoms with E-state index in [9.17, 15) is 13.2 Å². The van der Waals surface area contributed by atoms with Gasteiger partial charge in [-0.1, -0.05) is 0 Å². The van der Waals surface area contributed by atoms with Crippen molar-refractivity contribution in [2.75, 3.05) is 17.8 Å². The van der Waals surface area contributed by atoms with Gasteiger partial charge in [0.15, 0.2) is 0 Å². The van der Waals surface area contributed by atoms with Crippen LogP contribution in [-0.4, -0.2) is 33.0 Å². The fourth-order valence-electron chi connectivity index (χ4n) is 0.846. The Balaban J connectivity index is 2.88. The minimum absolute atomic E-state index is 0.191. The Morgan fingerprint density at radius 3 is 2.47 bits per heavy atom. The maximum Gasteiger partial charge on any atom is 0.396 e. The van der Waals surface area contributed by atoms with E-state index in [1.165, 1.54) is 0 Å². The van der Waals surface area contributed by atoms with E-state index in [2.05, 4.69) is 20.3 Å². The van der Waals surface area contributed by atoms with Gasteiger partial charge >= 0.3 is 6.18 Å². The van der Waals surface area contributed by atoms with Crippen molar-refractivity contribution in [2.24, 2.45) is 0 Å². The van der Waals surface area contributed by atoms with Crippen LogP contribution < -0.4 is 11.1 Å². The number of alkyl halides is 3. The molecule has 84 valence electrons.